The Morgan fingerprint density at radius 1 is 1.12 bits per heavy atom. The molecule has 5 rings (SSSR count). The van der Waals surface area contributed by atoms with Crippen LogP contribution in [0.1, 0.15) is 53.1 Å². The fourth-order valence-corrected chi connectivity index (χ4v) is 5.06. The fourth-order valence-electron chi connectivity index (χ4n) is 5.06. The van der Waals surface area contributed by atoms with Crippen molar-refractivity contribution >= 4 is 17.6 Å². The number of fused-ring (bicyclic) bond motifs is 1. The molecule has 2 amide bonds. The number of carbonyl (C=O) groups is 2. The van der Waals surface area contributed by atoms with Crippen LogP contribution in [0, 0.1) is 19.8 Å². The van der Waals surface area contributed by atoms with Crippen molar-refractivity contribution in [1.82, 2.24) is 14.7 Å². The van der Waals surface area contributed by atoms with Gasteiger partial charge in [-0.05, 0) is 49.8 Å². The molecule has 6 heteroatoms. The molecule has 2 unspecified atom stereocenters. The molecule has 0 saturated carbocycles. The van der Waals surface area contributed by atoms with Gasteiger partial charge in [0, 0.05) is 25.1 Å². The maximum atomic E-state index is 13.2. The molecule has 33 heavy (non-hydrogen) atoms. The van der Waals surface area contributed by atoms with Gasteiger partial charge in [0.25, 0.3) is 0 Å². The van der Waals surface area contributed by atoms with E-state index in [2.05, 4.69) is 34.7 Å². The number of likely N-dealkylation sites (tertiary alicyclic amines) is 1. The highest BCUT2D eigenvalue weighted by Gasteiger charge is 2.35. The Bertz CT molecular complexity index is 1180. The monoisotopic (exact) mass is 442 g/mol. The highest BCUT2D eigenvalue weighted by molar-refractivity contribution is 5.97. The van der Waals surface area contributed by atoms with Crippen LogP contribution in [0.2, 0.25) is 0 Å². The number of nitrogens with zero attached hydrogens (tertiary/aromatic N) is 3. The van der Waals surface area contributed by atoms with E-state index in [1.165, 1.54) is 16.7 Å². The smallest absolute Gasteiger partial charge is 0.230 e. The van der Waals surface area contributed by atoms with Crippen molar-refractivity contribution in [1.29, 1.82) is 0 Å². The van der Waals surface area contributed by atoms with Gasteiger partial charge in [-0.15, -0.1) is 0 Å². The molecule has 3 aromatic rings. The molecular weight excluding hydrogens is 412 g/mol. The van der Waals surface area contributed by atoms with Crippen LogP contribution in [0.3, 0.4) is 0 Å². The summed E-state index contributed by atoms with van der Waals surface area (Å²) in [6.45, 7) is 5.00. The van der Waals surface area contributed by atoms with E-state index in [4.69, 9.17) is 0 Å². The van der Waals surface area contributed by atoms with Crippen LogP contribution in [0.25, 0.3) is 0 Å². The first-order valence-electron chi connectivity index (χ1n) is 11.8. The van der Waals surface area contributed by atoms with Crippen LogP contribution in [-0.2, 0) is 22.6 Å². The summed E-state index contributed by atoms with van der Waals surface area (Å²) in [6.07, 6.45) is 5.23. The number of hydrogen-bond donors (Lipinski definition) is 1. The zero-order valence-corrected chi connectivity index (χ0v) is 19.3. The van der Waals surface area contributed by atoms with E-state index < -0.39 is 0 Å². The molecular formula is C27H30N4O2. The predicted octanol–water partition coefficient (Wildman–Crippen LogP) is 4.41. The van der Waals surface area contributed by atoms with Gasteiger partial charge in [0.15, 0.2) is 0 Å². The first-order valence-corrected chi connectivity index (χ1v) is 11.8. The molecule has 170 valence electrons. The number of aryl methyl sites for hydroxylation is 3. The molecule has 0 bridgehead atoms. The summed E-state index contributed by atoms with van der Waals surface area (Å²) in [4.78, 5) is 27.6. The summed E-state index contributed by atoms with van der Waals surface area (Å²) in [5.74, 6) is 0.307. The van der Waals surface area contributed by atoms with Crippen LogP contribution in [-0.4, -0.2) is 33.0 Å². The number of aromatic nitrogens is 2. The Hall–Kier alpha value is -3.41. The zero-order chi connectivity index (χ0) is 22.9. The highest BCUT2D eigenvalue weighted by atomic mass is 16.2. The lowest BCUT2D eigenvalue weighted by Gasteiger charge is -2.27. The Morgan fingerprint density at radius 3 is 2.73 bits per heavy atom. The van der Waals surface area contributed by atoms with Gasteiger partial charge in [-0.1, -0.05) is 54.1 Å². The van der Waals surface area contributed by atoms with Crippen molar-refractivity contribution < 1.29 is 9.59 Å². The van der Waals surface area contributed by atoms with Gasteiger partial charge in [0.05, 0.1) is 18.2 Å². The van der Waals surface area contributed by atoms with Crippen molar-refractivity contribution in [3.8, 4) is 0 Å². The molecule has 1 saturated heterocycles. The third-order valence-electron chi connectivity index (χ3n) is 6.93. The minimum atomic E-state index is -0.357. The van der Waals surface area contributed by atoms with E-state index in [-0.39, 0.29) is 30.2 Å². The first kappa shape index (κ1) is 21.4. The first-order chi connectivity index (χ1) is 16.0. The second-order valence-corrected chi connectivity index (χ2v) is 9.38. The van der Waals surface area contributed by atoms with E-state index in [0.29, 0.717) is 13.1 Å². The zero-order valence-electron chi connectivity index (χ0n) is 19.3. The van der Waals surface area contributed by atoms with Gasteiger partial charge < -0.3 is 10.2 Å². The number of hydrogen-bond acceptors (Lipinski definition) is 3. The summed E-state index contributed by atoms with van der Waals surface area (Å²) in [5.41, 5.74) is 5.85. The number of nitrogens with one attached hydrogen (secondary N) is 1. The molecule has 2 atom stereocenters. The average molecular weight is 443 g/mol. The summed E-state index contributed by atoms with van der Waals surface area (Å²) >= 11 is 0. The largest absolute Gasteiger partial charge is 0.338 e. The lowest BCUT2D eigenvalue weighted by atomic mass is 9.88. The maximum absolute atomic E-state index is 13.2. The van der Waals surface area contributed by atoms with Gasteiger partial charge in [0.1, 0.15) is 5.82 Å². The summed E-state index contributed by atoms with van der Waals surface area (Å²) in [7, 11) is 0. The van der Waals surface area contributed by atoms with Crippen LogP contribution >= 0.6 is 0 Å². The van der Waals surface area contributed by atoms with Gasteiger partial charge in [-0.25, -0.2) is 4.68 Å². The molecule has 1 N–H and O–H groups in total. The van der Waals surface area contributed by atoms with Gasteiger partial charge in [0.2, 0.25) is 11.8 Å². The van der Waals surface area contributed by atoms with Crippen molar-refractivity contribution in [2.24, 2.45) is 5.92 Å². The Morgan fingerprint density at radius 2 is 1.91 bits per heavy atom. The van der Waals surface area contributed by atoms with Gasteiger partial charge in [-0.3, -0.25) is 9.59 Å². The molecule has 0 spiro atoms. The number of anilines is 1. The predicted molar refractivity (Wildman–Crippen MR) is 128 cm³/mol. The summed E-state index contributed by atoms with van der Waals surface area (Å²) < 4.78 is 1.96. The molecule has 1 aliphatic carbocycles. The van der Waals surface area contributed by atoms with Crippen molar-refractivity contribution in [2.45, 2.75) is 52.1 Å². The number of carbonyl (C=O) groups excluding carboxylic acids is 2. The van der Waals surface area contributed by atoms with Gasteiger partial charge >= 0.3 is 0 Å². The molecule has 1 aromatic heterocycles. The van der Waals surface area contributed by atoms with Crippen LogP contribution < -0.4 is 5.32 Å². The minimum Gasteiger partial charge on any atom is -0.338 e. The molecule has 6 nitrogen and oxygen atoms in total. The quantitative estimate of drug-likeness (QED) is 0.636. The maximum Gasteiger partial charge on any atom is 0.230 e. The summed E-state index contributed by atoms with van der Waals surface area (Å²) in [6, 6.07) is 16.8. The topological polar surface area (TPSA) is 67.2 Å². The van der Waals surface area contributed by atoms with E-state index >= 15 is 0 Å². The number of benzene rings is 2. The Balaban J connectivity index is 1.31. The third-order valence-corrected chi connectivity index (χ3v) is 6.93. The molecule has 0 radical (unpaired) electrons. The van der Waals surface area contributed by atoms with Crippen LogP contribution in [0.5, 0.6) is 0 Å². The average Bonchev–Trinajstić information content (AvgIpc) is 3.37. The third kappa shape index (κ3) is 4.30. The number of rotatable bonds is 5. The molecule has 2 heterocycles. The molecule has 1 fully saturated rings. The highest BCUT2D eigenvalue weighted by Crippen LogP contribution is 2.35. The Labute approximate surface area is 194 Å². The van der Waals surface area contributed by atoms with Crippen molar-refractivity contribution in [3.63, 3.8) is 0 Å². The van der Waals surface area contributed by atoms with Crippen molar-refractivity contribution in [3.05, 3.63) is 82.5 Å². The Kier molecular flexibility index (Phi) is 5.75. The van der Waals surface area contributed by atoms with E-state index in [9.17, 15) is 9.59 Å². The lowest BCUT2D eigenvalue weighted by Crippen LogP contribution is -2.29. The normalized spacial score (nSPS) is 20.1. The second kappa shape index (κ2) is 8.85. The van der Waals surface area contributed by atoms with E-state index in [1.54, 1.807) is 4.90 Å². The lowest BCUT2D eigenvalue weighted by molar-refractivity contribution is -0.128. The van der Waals surface area contributed by atoms with E-state index in [0.717, 1.165) is 36.2 Å². The minimum absolute atomic E-state index is 0.0298. The van der Waals surface area contributed by atoms with Crippen LogP contribution in [0.4, 0.5) is 5.82 Å². The number of amides is 2. The van der Waals surface area contributed by atoms with Crippen LogP contribution in [0.15, 0.2) is 54.7 Å². The van der Waals surface area contributed by atoms with Crippen molar-refractivity contribution in [2.75, 3.05) is 11.9 Å². The molecule has 2 aromatic carbocycles. The van der Waals surface area contributed by atoms with Gasteiger partial charge in [-0.2, -0.15) is 5.10 Å². The second-order valence-electron chi connectivity index (χ2n) is 9.38. The SMILES string of the molecule is Cc1ccc(CN2CC(C(=O)Nc3c(C)cnn3C3CCCc4ccccc43)CC2=O)cc1. The van der Waals surface area contributed by atoms with E-state index in [1.807, 2.05) is 49.0 Å². The molecule has 2 aliphatic rings. The fraction of sp³-hybridized carbons (Fsp3) is 0.370. The molecule has 1 aliphatic heterocycles. The standard InChI is InChI=1S/C27H30N4O2/c1-18-10-12-20(13-11-18)16-30-17-22(14-25(30)32)27(33)29-26-19(2)15-28-31(26)24-9-5-7-21-6-3-4-8-23(21)24/h3-4,6,8,10-13,15,22,24H,5,7,9,14,16-17H2,1-2H3,(H,29,33). The summed E-state index contributed by atoms with van der Waals surface area (Å²) in [5, 5.41) is 7.76.